The topological polar surface area (TPSA) is 99.7 Å². The number of nitrogens with two attached hydrogens (primary N) is 1. The average Bonchev–Trinajstić information content (AvgIpc) is 3.37. The fourth-order valence-corrected chi connectivity index (χ4v) is 2.34. The van der Waals surface area contributed by atoms with Gasteiger partial charge >= 0.3 is 0 Å². The zero-order valence-electron chi connectivity index (χ0n) is 12.9. The zero-order valence-corrected chi connectivity index (χ0v) is 15.2. The molecule has 2 fully saturated rings. The van der Waals surface area contributed by atoms with Gasteiger partial charge in [0.25, 0.3) is 0 Å². The summed E-state index contributed by atoms with van der Waals surface area (Å²) in [6.07, 6.45) is 5.63. The highest BCUT2D eigenvalue weighted by Gasteiger charge is 2.23. The lowest BCUT2D eigenvalue weighted by molar-refractivity contribution is -0.119. The maximum absolute atomic E-state index is 11.6. The fourth-order valence-electron chi connectivity index (χ4n) is 2.34. The van der Waals surface area contributed by atoms with Gasteiger partial charge in [0, 0.05) is 44.6 Å². The monoisotopic (exact) mass is 431 g/mol. The molecule has 0 radical (unpaired) electrons. The Hall–Kier alpha value is -1.65. The Labute approximate surface area is 152 Å². The molecule has 1 aliphatic carbocycles. The maximum atomic E-state index is 11.6. The molecule has 1 saturated heterocycles. The quantitative estimate of drug-likeness (QED) is 0.390. The Morgan fingerprint density at radius 2 is 1.91 bits per heavy atom. The number of anilines is 1. The van der Waals surface area contributed by atoms with E-state index in [1.165, 1.54) is 0 Å². The van der Waals surface area contributed by atoms with Crippen molar-refractivity contribution in [3.05, 3.63) is 18.5 Å². The van der Waals surface area contributed by atoms with Gasteiger partial charge in [-0.3, -0.25) is 4.79 Å². The van der Waals surface area contributed by atoms with Crippen molar-refractivity contribution in [3.63, 3.8) is 0 Å². The van der Waals surface area contributed by atoms with Crippen LogP contribution in [0.25, 0.3) is 0 Å². The third-order valence-corrected chi connectivity index (χ3v) is 3.77. The van der Waals surface area contributed by atoms with Crippen LogP contribution in [-0.4, -0.2) is 65.5 Å². The summed E-state index contributed by atoms with van der Waals surface area (Å²) in [5.41, 5.74) is 5.97. The van der Waals surface area contributed by atoms with Crippen molar-refractivity contribution in [1.29, 1.82) is 0 Å². The van der Waals surface area contributed by atoms with Gasteiger partial charge in [-0.05, 0) is 18.9 Å². The van der Waals surface area contributed by atoms with Crippen LogP contribution >= 0.6 is 24.0 Å². The Kier molecular flexibility index (Phi) is 6.37. The van der Waals surface area contributed by atoms with Gasteiger partial charge in [-0.2, -0.15) is 0 Å². The van der Waals surface area contributed by atoms with E-state index in [1.807, 2.05) is 4.90 Å². The predicted octanol–water partition coefficient (Wildman–Crippen LogP) is -0.190. The molecule has 2 aliphatic rings. The van der Waals surface area contributed by atoms with Crippen molar-refractivity contribution >= 4 is 41.8 Å². The first-order chi connectivity index (χ1) is 10.7. The van der Waals surface area contributed by atoms with Crippen LogP contribution in [0.4, 0.5) is 5.95 Å². The summed E-state index contributed by atoms with van der Waals surface area (Å²) in [7, 11) is 0. The number of guanidine groups is 1. The maximum Gasteiger partial charge on any atom is 0.242 e. The second kappa shape index (κ2) is 8.27. The van der Waals surface area contributed by atoms with Gasteiger partial charge in [-0.15, -0.1) is 24.0 Å². The van der Waals surface area contributed by atoms with Crippen LogP contribution in [0.1, 0.15) is 12.8 Å². The van der Waals surface area contributed by atoms with Crippen LogP contribution in [0.5, 0.6) is 0 Å². The molecular formula is C14H22IN7O. The third kappa shape index (κ3) is 5.19. The number of halogens is 1. The predicted molar refractivity (Wildman–Crippen MR) is 98.9 cm³/mol. The Bertz CT molecular complexity index is 541. The summed E-state index contributed by atoms with van der Waals surface area (Å²) >= 11 is 0. The summed E-state index contributed by atoms with van der Waals surface area (Å²) in [6, 6.07) is 2.16. The van der Waals surface area contributed by atoms with E-state index in [-0.39, 0.29) is 36.4 Å². The van der Waals surface area contributed by atoms with E-state index < -0.39 is 0 Å². The molecule has 8 nitrogen and oxygen atoms in total. The molecule has 0 aromatic carbocycles. The molecule has 3 N–H and O–H groups in total. The number of carbonyl (C=O) groups is 1. The second-order valence-corrected chi connectivity index (χ2v) is 5.54. The van der Waals surface area contributed by atoms with E-state index in [1.54, 1.807) is 18.5 Å². The molecule has 126 valence electrons. The van der Waals surface area contributed by atoms with Crippen molar-refractivity contribution in [2.75, 3.05) is 37.6 Å². The highest BCUT2D eigenvalue weighted by molar-refractivity contribution is 14.0. The number of nitrogens with zero attached hydrogens (tertiary/aromatic N) is 5. The van der Waals surface area contributed by atoms with Gasteiger partial charge in [0.1, 0.15) is 6.54 Å². The minimum absolute atomic E-state index is 0. The molecule has 9 heteroatoms. The van der Waals surface area contributed by atoms with Crippen LogP contribution in [0.3, 0.4) is 0 Å². The van der Waals surface area contributed by atoms with Crippen molar-refractivity contribution < 1.29 is 4.79 Å². The SMILES string of the molecule is I.NC(=NCC(=O)NC1CC1)N1CCN(c2ncccn2)CC1. The van der Waals surface area contributed by atoms with Gasteiger partial charge in [0.05, 0.1) is 0 Å². The first-order valence-corrected chi connectivity index (χ1v) is 7.58. The molecule has 0 bridgehead atoms. The molecule has 23 heavy (non-hydrogen) atoms. The van der Waals surface area contributed by atoms with E-state index in [0.29, 0.717) is 12.0 Å². The summed E-state index contributed by atoms with van der Waals surface area (Å²) in [5.74, 6) is 1.11. The lowest BCUT2D eigenvalue weighted by Gasteiger charge is -2.35. The Morgan fingerprint density at radius 3 is 2.52 bits per heavy atom. The minimum atomic E-state index is -0.0539. The third-order valence-electron chi connectivity index (χ3n) is 3.77. The second-order valence-electron chi connectivity index (χ2n) is 5.54. The normalized spacial score (nSPS) is 18.3. The molecule has 0 unspecified atom stereocenters. The number of rotatable bonds is 4. The van der Waals surface area contributed by atoms with E-state index in [0.717, 1.165) is 45.0 Å². The molecule has 1 amide bonds. The molecule has 1 aromatic rings. The molecule has 2 heterocycles. The molecule has 1 aromatic heterocycles. The van der Waals surface area contributed by atoms with Gasteiger partial charge in [-0.25, -0.2) is 15.0 Å². The number of hydrogen-bond acceptors (Lipinski definition) is 5. The molecule has 1 saturated carbocycles. The van der Waals surface area contributed by atoms with Gasteiger partial charge < -0.3 is 20.9 Å². The lowest BCUT2D eigenvalue weighted by atomic mass is 10.3. The fraction of sp³-hybridized carbons (Fsp3) is 0.571. The Balaban J connectivity index is 0.00000192. The van der Waals surface area contributed by atoms with E-state index in [9.17, 15) is 4.79 Å². The lowest BCUT2D eigenvalue weighted by Crippen LogP contribution is -2.51. The number of hydrogen-bond donors (Lipinski definition) is 2. The van der Waals surface area contributed by atoms with Crippen LogP contribution in [-0.2, 0) is 4.79 Å². The van der Waals surface area contributed by atoms with Crippen molar-refractivity contribution in [2.45, 2.75) is 18.9 Å². The number of amides is 1. The largest absolute Gasteiger partial charge is 0.370 e. The van der Waals surface area contributed by atoms with Gasteiger partial charge in [0.2, 0.25) is 11.9 Å². The van der Waals surface area contributed by atoms with E-state index >= 15 is 0 Å². The molecule has 0 spiro atoms. The van der Waals surface area contributed by atoms with E-state index in [2.05, 4.69) is 25.2 Å². The van der Waals surface area contributed by atoms with Crippen LogP contribution in [0, 0.1) is 0 Å². The summed E-state index contributed by atoms with van der Waals surface area (Å²) in [6.45, 7) is 3.17. The van der Waals surface area contributed by atoms with Gasteiger partial charge in [-0.1, -0.05) is 0 Å². The van der Waals surface area contributed by atoms with Crippen molar-refractivity contribution in [2.24, 2.45) is 10.7 Å². The summed E-state index contributed by atoms with van der Waals surface area (Å²) in [5, 5.41) is 2.90. The number of carbonyl (C=O) groups excluding carboxylic acids is 1. The molecule has 0 atom stereocenters. The van der Waals surface area contributed by atoms with Crippen LogP contribution < -0.4 is 16.0 Å². The first kappa shape index (κ1) is 17.7. The highest BCUT2D eigenvalue weighted by atomic mass is 127. The first-order valence-electron chi connectivity index (χ1n) is 7.58. The van der Waals surface area contributed by atoms with Gasteiger partial charge in [0.15, 0.2) is 5.96 Å². The molecular weight excluding hydrogens is 409 g/mol. The molecule has 1 aliphatic heterocycles. The Morgan fingerprint density at radius 1 is 1.26 bits per heavy atom. The average molecular weight is 431 g/mol. The van der Waals surface area contributed by atoms with Crippen LogP contribution in [0.2, 0.25) is 0 Å². The number of nitrogens with one attached hydrogen (secondary N) is 1. The zero-order chi connectivity index (χ0) is 15.4. The standard InChI is InChI=1S/C14H21N7O.HI/c15-13(18-10-12(22)19-11-2-3-11)20-6-8-21(9-7-20)14-16-4-1-5-17-14;/h1,4-5,11H,2-3,6-10H2,(H2,15,18)(H,19,22);1H. The van der Waals surface area contributed by atoms with Crippen molar-refractivity contribution in [3.8, 4) is 0 Å². The smallest absolute Gasteiger partial charge is 0.242 e. The number of piperazine rings is 1. The number of aliphatic imine (C=N–C) groups is 1. The summed E-state index contributed by atoms with van der Waals surface area (Å²) < 4.78 is 0. The van der Waals surface area contributed by atoms with E-state index in [4.69, 9.17) is 5.73 Å². The minimum Gasteiger partial charge on any atom is -0.370 e. The highest BCUT2D eigenvalue weighted by Crippen LogP contribution is 2.18. The summed E-state index contributed by atoms with van der Waals surface area (Å²) in [4.78, 5) is 28.4. The molecule has 3 rings (SSSR count). The van der Waals surface area contributed by atoms with Crippen molar-refractivity contribution in [1.82, 2.24) is 20.2 Å². The number of aromatic nitrogens is 2. The van der Waals surface area contributed by atoms with Crippen LogP contribution in [0.15, 0.2) is 23.5 Å².